The highest BCUT2D eigenvalue weighted by molar-refractivity contribution is 7.20. The number of rotatable bonds is 7. The normalized spacial score (nSPS) is 13.1. The highest BCUT2D eigenvalue weighted by Crippen LogP contribution is 2.57. The first-order chi connectivity index (χ1) is 34.0. The lowest BCUT2D eigenvalue weighted by molar-refractivity contribution is 0.545. The number of pyridine rings is 3. The minimum absolute atomic E-state index is 0.0487. The molecule has 4 heterocycles. The van der Waals surface area contributed by atoms with Crippen molar-refractivity contribution in [2.45, 2.75) is 57.8 Å². The Morgan fingerprint density at radius 1 is 0.371 bits per heavy atom. The first-order valence-electron chi connectivity index (χ1n) is 24.3. The molecule has 0 atom stereocenters. The number of fused-ring (bicyclic) bond motifs is 6. The smallest absolute Gasteiger partial charge is 0.106 e. The van der Waals surface area contributed by atoms with E-state index in [9.17, 15) is 0 Å². The van der Waals surface area contributed by atoms with Crippen LogP contribution in [0.25, 0.3) is 88.1 Å². The SMILES string of the molecule is CC(C)(C)c1sc2c(-c3cccc(C4(c5cc(-c6cc(-c7ccccc7)nc(-c7ccccc7)c6)cc(-c6ccccc6)n5)c5ccccc5-c5ccccc54)n3)cc3ccccc3c2c1C(C)(C)C. The van der Waals surface area contributed by atoms with Gasteiger partial charge in [-0.05, 0) is 103 Å². The number of aromatic nitrogens is 3. The van der Waals surface area contributed by atoms with Crippen molar-refractivity contribution in [1.82, 2.24) is 15.0 Å². The zero-order chi connectivity index (χ0) is 47.8. The van der Waals surface area contributed by atoms with Crippen LogP contribution in [0.3, 0.4) is 0 Å². The molecule has 12 rings (SSSR count). The summed E-state index contributed by atoms with van der Waals surface area (Å²) in [5.41, 5.74) is 17.1. The van der Waals surface area contributed by atoms with E-state index in [1.807, 2.05) is 11.3 Å². The Morgan fingerprint density at radius 2 is 0.857 bits per heavy atom. The standard InChI is InChI=1S/C66H53N3S/c1-64(2,3)61-60-48-30-17-16-29-45(48)37-51(62(60)70-63(61)65(4,5)6)54-35-22-36-58(68-54)66(52-33-20-18-31-49(52)50-32-19-21-34-53(50)66)59-41-47(40-57(69-59)44-27-14-9-15-28-44)46-38-55(42-23-10-7-11-24-42)67-56(39-46)43-25-12-8-13-26-43/h7-41H,1-6H3. The van der Waals surface area contributed by atoms with E-state index >= 15 is 0 Å². The second-order valence-electron chi connectivity index (χ2n) is 20.8. The van der Waals surface area contributed by atoms with E-state index in [4.69, 9.17) is 15.0 Å². The van der Waals surface area contributed by atoms with E-state index in [1.54, 1.807) is 0 Å². The molecule has 1 aliphatic carbocycles. The molecule has 0 spiro atoms. The van der Waals surface area contributed by atoms with Gasteiger partial charge in [-0.15, -0.1) is 11.3 Å². The monoisotopic (exact) mass is 919 g/mol. The molecule has 4 heteroatoms. The van der Waals surface area contributed by atoms with Gasteiger partial charge in [0.1, 0.15) is 5.41 Å². The summed E-state index contributed by atoms with van der Waals surface area (Å²) in [5.74, 6) is 0. The Kier molecular flexibility index (Phi) is 10.4. The highest BCUT2D eigenvalue weighted by atomic mass is 32.1. The third-order valence-electron chi connectivity index (χ3n) is 14.1. The average Bonchev–Trinajstić information content (AvgIpc) is 3.96. The summed E-state index contributed by atoms with van der Waals surface area (Å²) in [6.07, 6.45) is 0. The van der Waals surface area contributed by atoms with Gasteiger partial charge in [0, 0.05) is 37.2 Å². The van der Waals surface area contributed by atoms with E-state index in [1.165, 1.54) is 53.6 Å². The number of benzene rings is 7. The average molecular weight is 920 g/mol. The molecule has 0 aliphatic heterocycles. The molecule has 0 unspecified atom stereocenters. The van der Waals surface area contributed by atoms with Crippen molar-refractivity contribution in [3.8, 4) is 67.3 Å². The van der Waals surface area contributed by atoms with Crippen molar-refractivity contribution in [2.24, 2.45) is 0 Å². The van der Waals surface area contributed by atoms with Crippen molar-refractivity contribution in [3.63, 3.8) is 0 Å². The molecule has 0 saturated heterocycles. The number of nitrogens with zero attached hydrogens (tertiary/aromatic N) is 3. The van der Waals surface area contributed by atoms with Gasteiger partial charge in [-0.1, -0.05) is 211 Å². The largest absolute Gasteiger partial charge is 0.251 e. The van der Waals surface area contributed by atoms with Crippen LogP contribution in [0.2, 0.25) is 0 Å². The van der Waals surface area contributed by atoms with Gasteiger partial charge in [0.25, 0.3) is 0 Å². The molecule has 0 bridgehead atoms. The lowest BCUT2D eigenvalue weighted by Gasteiger charge is -2.32. The minimum atomic E-state index is -0.890. The van der Waals surface area contributed by atoms with Crippen molar-refractivity contribution in [2.75, 3.05) is 0 Å². The van der Waals surface area contributed by atoms with Crippen LogP contribution < -0.4 is 0 Å². The van der Waals surface area contributed by atoms with Gasteiger partial charge in [0.15, 0.2) is 0 Å². The van der Waals surface area contributed by atoms with Crippen molar-refractivity contribution in [3.05, 3.63) is 245 Å². The first kappa shape index (κ1) is 43.5. The molecule has 0 amide bonds. The van der Waals surface area contributed by atoms with Crippen LogP contribution >= 0.6 is 11.3 Å². The summed E-state index contributed by atoms with van der Waals surface area (Å²) in [5, 5.41) is 3.86. The molecule has 11 aromatic rings. The van der Waals surface area contributed by atoms with Gasteiger partial charge in [0.2, 0.25) is 0 Å². The number of hydrogen-bond donors (Lipinski definition) is 0. The molecule has 0 saturated carbocycles. The second-order valence-corrected chi connectivity index (χ2v) is 21.8. The fourth-order valence-electron chi connectivity index (χ4n) is 11.0. The van der Waals surface area contributed by atoms with Crippen molar-refractivity contribution < 1.29 is 0 Å². The summed E-state index contributed by atoms with van der Waals surface area (Å²) in [6, 6.07) is 76.4. The summed E-state index contributed by atoms with van der Waals surface area (Å²) in [7, 11) is 0. The van der Waals surface area contributed by atoms with Crippen molar-refractivity contribution >= 4 is 32.2 Å². The third-order valence-corrected chi connectivity index (χ3v) is 15.7. The molecule has 0 radical (unpaired) electrons. The fraction of sp³-hybridized carbons (Fsp3) is 0.136. The van der Waals surface area contributed by atoms with Gasteiger partial charge >= 0.3 is 0 Å². The number of hydrogen-bond acceptors (Lipinski definition) is 4. The molecule has 70 heavy (non-hydrogen) atoms. The fourth-order valence-corrected chi connectivity index (χ4v) is 12.6. The maximum absolute atomic E-state index is 5.96. The number of thiophene rings is 1. The minimum Gasteiger partial charge on any atom is -0.251 e. The Labute approximate surface area is 415 Å². The van der Waals surface area contributed by atoms with Gasteiger partial charge in [-0.25, -0.2) is 4.98 Å². The summed E-state index contributed by atoms with van der Waals surface area (Å²) >= 11 is 1.95. The van der Waals surface area contributed by atoms with Gasteiger partial charge in [-0.2, -0.15) is 0 Å². The van der Waals surface area contributed by atoms with Gasteiger partial charge in [0.05, 0.1) is 34.2 Å². The summed E-state index contributed by atoms with van der Waals surface area (Å²) in [6.45, 7) is 14.2. The predicted molar refractivity (Wildman–Crippen MR) is 295 cm³/mol. The highest BCUT2D eigenvalue weighted by Gasteiger charge is 2.49. The quantitative estimate of drug-likeness (QED) is 0.160. The van der Waals surface area contributed by atoms with E-state index in [-0.39, 0.29) is 10.8 Å². The van der Waals surface area contributed by atoms with Crippen LogP contribution in [-0.4, -0.2) is 15.0 Å². The Bertz CT molecular complexity index is 3680. The predicted octanol–water partition coefficient (Wildman–Crippen LogP) is 17.5. The third kappa shape index (κ3) is 7.20. The second kappa shape index (κ2) is 16.7. The Hall–Kier alpha value is -7.79. The Balaban J connectivity index is 1.17. The zero-order valence-electron chi connectivity index (χ0n) is 40.5. The molecular weight excluding hydrogens is 867 g/mol. The van der Waals surface area contributed by atoms with E-state index < -0.39 is 5.41 Å². The molecule has 3 nitrogen and oxygen atoms in total. The van der Waals surface area contributed by atoms with Crippen LogP contribution in [0.1, 0.15) is 74.5 Å². The Morgan fingerprint density at radius 3 is 1.41 bits per heavy atom. The van der Waals surface area contributed by atoms with Crippen LogP contribution in [0.5, 0.6) is 0 Å². The zero-order valence-corrected chi connectivity index (χ0v) is 41.3. The lowest BCUT2D eigenvalue weighted by Crippen LogP contribution is -2.31. The molecule has 7 aromatic carbocycles. The van der Waals surface area contributed by atoms with Gasteiger partial charge < -0.3 is 0 Å². The van der Waals surface area contributed by atoms with E-state index in [0.29, 0.717) is 0 Å². The first-order valence-corrected chi connectivity index (χ1v) is 25.2. The molecule has 0 fully saturated rings. The van der Waals surface area contributed by atoms with Crippen LogP contribution in [0, 0.1) is 0 Å². The van der Waals surface area contributed by atoms with Crippen LogP contribution in [0.4, 0.5) is 0 Å². The van der Waals surface area contributed by atoms with Gasteiger partial charge in [-0.3, -0.25) is 9.97 Å². The topological polar surface area (TPSA) is 38.7 Å². The van der Waals surface area contributed by atoms with Crippen LogP contribution in [0.15, 0.2) is 212 Å². The lowest BCUT2D eigenvalue weighted by atomic mass is 9.71. The van der Waals surface area contributed by atoms with Crippen LogP contribution in [-0.2, 0) is 16.2 Å². The van der Waals surface area contributed by atoms with E-state index in [2.05, 4.69) is 254 Å². The molecule has 4 aromatic heterocycles. The maximum Gasteiger partial charge on any atom is 0.106 e. The summed E-state index contributed by atoms with van der Waals surface area (Å²) in [4.78, 5) is 18.5. The maximum atomic E-state index is 5.96. The molecule has 1 aliphatic rings. The summed E-state index contributed by atoms with van der Waals surface area (Å²) < 4.78 is 1.28. The van der Waals surface area contributed by atoms with E-state index in [0.717, 1.165) is 67.5 Å². The molecule has 0 N–H and O–H groups in total. The van der Waals surface area contributed by atoms with Crippen molar-refractivity contribution in [1.29, 1.82) is 0 Å². The molecular formula is C66H53N3S. The molecule has 338 valence electrons.